The van der Waals surface area contributed by atoms with E-state index in [0.29, 0.717) is 28.8 Å². The molecule has 0 spiro atoms. The number of hydrazine groups is 1. The van der Waals surface area contributed by atoms with Gasteiger partial charge in [-0.1, -0.05) is 50.2 Å². The van der Waals surface area contributed by atoms with Gasteiger partial charge in [-0.25, -0.2) is 10.0 Å². The highest BCUT2D eigenvalue weighted by molar-refractivity contribution is 8.25. The number of hydrogen-bond donors (Lipinski definition) is 2. The fourth-order valence-electron chi connectivity index (χ4n) is 3.37. The Bertz CT molecular complexity index is 809. The van der Waals surface area contributed by atoms with Crippen LogP contribution in [0.5, 0.6) is 11.5 Å². The molecule has 1 aromatic rings. The number of unbranched alkanes of at least 4 members (excludes halogenated alkanes) is 2. The maximum Gasteiger partial charge on any atom is 0.279 e. The van der Waals surface area contributed by atoms with Crippen molar-refractivity contribution < 1.29 is 29.3 Å². The Balaban J connectivity index is 1.97. The molecule has 0 unspecified atom stereocenters. The average Bonchev–Trinajstić information content (AvgIpc) is 3.32. The molecule has 0 aliphatic carbocycles. The first-order valence-electron chi connectivity index (χ1n) is 10.9. The number of rotatable bonds is 12. The molecule has 1 aromatic carbocycles. The molecule has 2 aliphatic rings. The molecule has 3 rings (SSSR count). The van der Waals surface area contributed by atoms with Gasteiger partial charge in [0.1, 0.15) is 30.3 Å². The molecule has 0 radical (unpaired) electrons. The topological polar surface area (TPSA) is 99.5 Å². The maximum atomic E-state index is 13.3. The monoisotopic (exact) mass is 482 g/mol. The lowest BCUT2D eigenvalue weighted by Crippen LogP contribution is -2.42. The molecule has 0 atom stereocenters. The van der Waals surface area contributed by atoms with Gasteiger partial charge >= 0.3 is 0 Å². The van der Waals surface area contributed by atoms with Gasteiger partial charge in [-0.3, -0.25) is 9.59 Å². The van der Waals surface area contributed by atoms with Gasteiger partial charge in [-0.15, -0.1) is 0 Å². The third kappa shape index (κ3) is 5.19. The van der Waals surface area contributed by atoms with Crippen LogP contribution >= 0.6 is 23.5 Å². The predicted octanol–water partition coefficient (Wildman–Crippen LogP) is 3.02. The number of carbonyl (C=O) groups is 2. The lowest BCUT2D eigenvalue weighted by molar-refractivity contribution is -0.147. The van der Waals surface area contributed by atoms with Crippen molar-refractivity contribution in [1.82, 2.24) is 10.0 Å². The highest BCUT2D eigenvalue weighted by Crippen LogP contribution is 2.59. The first-order valence-corrected chi connectivity index (χ1v) is 12.6. The molecule has 1 fully saturated rings. The molecule has 0 saturated carbocycles. The number of thioether (sulfide) groups is 2. The van der Waals surface area contributed by atoms with Gasteiger partial charge in [0.15, 0.2) is 0 Å². The van der Waals surface area contributed by atoms with Crippen molar-refractivity contribution in [2.24, 2.45) is 0 Å². The van der Waals surface area contributed by atoms with Gasteiger partial charge in [-0.05, 0) is 25.0 Å². The standard InChI is InChI=1S/C22H30N2O6S2/c1-3-5-9-23-20(27)17(21(28)24(23)10-6-4-2)22-31-18-15(29-13-11-25)7-8-16(19(18)32-22)30-14-12-26/h7-8,25-26H,3-6,9-14H2,1-2H3. The molecule has 8 nitrogen and oxygen atoms in total. The van der Waals surface area contributed by atoms with Crippen LogP contribution in [0.1, 0.15) is 39.5 Å². The summed E-state index contributed by atoms with van der Waals surface area (Å²) < 4.78 is 11.9. The number of hydrogen-bond acceptors (Lipinski definition) is 8. The largest absolute Gasteiger partial charge is 0.490 e. The van der Waals surface area contributed by atoms with Crippen LogP contribution in [0, 0.1) is 0 Å². The molecule has 2 amide bonds. The molecule has 32 heavy (non-hydrogen) atoms. The van der Waals surface area contributed by atoms with Crippen molar-refractivity contribution in [3.05, 3.63) is 21.9 Å². The van der Waals surface area contributed by atoms with Crippen molar-refractivity contribution in [3.8, 4) is 11.5 Å². The van der Waals surface area contributed by atoms with Crippen LogP contribution in [0.3, 0.4) is 0 Å². The van der Waals surface area contributed by atoms with E-state index in [-0.39, 0.29) is 43.8 Å². The quantitative estimate of drug-likeness (QED) is 0.346. The molecule has 2 aliphatic heterocycles. The Morgan fingerprint density at radius 3 is 1.62 bits per heavy atom. The third-order valence-electron chi connectivity index (χ3n) is 4.97. The Morgan fingerprint density at radius 2 is 1.25 bits per heavy atom. The Hall–Kier alpha value is -1.88. The van der Waals surface area contributed by atoms with E-state index >= 15 is 0 Å². The number of aliphatic hydroxyl groups is 2. The van der Waals surface area contributed by atoms with Crippen molar-refractivity contribution >= 4 is 35.3 Å². The molecule has 176 valence electrons. The summed E-state index contributed by atoms with van der Waals surface area (Å²) in [5.41, 5.74) is 0.185. The lowest BCUT2D eigenvalue weighted by atomic mass is 10.3. The van der Waals surface area contributed by atoms with E-state index in [9.17, 15) is 9.59 Å². The number of amides is 2. The highest BCUT2D eigenvalue weighted by atomic mass is 32.2. The average molecular weight is 483 g/mol. The van der Waals surface area contributed by atoms with E-state index in [2.05, 4.69) is 13.8 Å². The van der Waals surface area contributed by atoms with Gasteiger partial charge in [0.05, 0.1) is 27.2 Å². The van der Waals surface area contributed by atoms with E-state index < -0.39 is 0 Å². The highest BCUT2D eigenvalue weighted by Gasteiger charge is 2.44. The minimum atomic E-state index is -0.266. The molecule has 10 heteroatoms. The second kappa shape index (κ2) is 11.8. The van der Waals surface area contributed by atoms with Crippen molar-refractivity contribution in [3.63, 3.8) is 0 Å². The Kier molecular flexibility index (Phi) is 9.15. The van der Waals surface area contributed by atoms with Crippen LogP contribution in [0.15, 0.2) is 31.7 Å². The summed E-state index contributed by atoms with van der Waals surface area (Å²) in [4.78, 5) is 28.1. The van der Waals surface area contributed by atoms with Crippen LogP contribution in [0.4, 0.5) is 0 Å². The Morgan fingerprint density at radius 1 is 0.812 bits per heavy atom. The van der Waals surface area contributed by atoms with Crippen molar-refractivity contribution in [2.45, 2.75) is 49.3 Å². The van der Waals surface area contributed by atoms with Crippen LogP contribution in [-0.4, -0.2) is 71.6 Å². The fraction of sp³-hybridized carbons (Fsp3) is 0.545. The summed E-state index contributed by atoms with van der Waals surface area (Å²) in [6.07, 6.45) is 3.50. The Labute approximate surface area is 196 Å². The predicted molar refractivity (Wildman–Crippen MR) is 124 cm³/mol. The smallest absolute Gasteiger partial charge is 0.279 e. The molecule has 2 N–H and O–H groups in total. The van der Waals surface area contributed by atoms with E-state index in [1.165, 1.54) is 23.5 Å². The van der Waals surface area contributed by atoms with Gasteiger partial charge in [0, 0.05) is 13.1 Å². The molecule has 0 bridgehead atoms. The summed E-state index contributed by atoms with van der Waals surface area (Å²) in [7, 11) is 0. The first kappa shape index (κ1) is 24.8. The zero-order chi connectivity index (χ0) is 23.1. The molecular weight excluding hydrogens is 452 g/mol. The number of fused-ring (bicyclic) bond motifs is 1. The summed E-state index contributed by atoms with van der Waals surface area (Å²) in [5.74, 6) is 0.583. The summed E-state index contributed by atoms with van der Waals surface area (Å²) in [6.45, 7) is 5.15. The van der Waals surface area contributed by atoms with Crippen molar-refractivity contribution in [2.75, 3.05) is 39.5 Å². The zero-order valence-corrected chi connectivity index (χ0v) is 20.1. The third-order valence-corrected chi connectivity index (χ3v) is 7.59. The van der Waals surface area contributed by atoms with E-state index in [1.54, 1.807) is 22.2 Å². The molecule has 1 saturated heterocycles. The van der Waals surface area contributed by atoms with Crippen LogP contribution < -0.4 is 9.47 Å². The van der Waals surface area contributed by atoms with Crippen LogP contribution in [-0.2, 0) is 9.59 Å². The number of benzene rings is 1. The second-order valence-corrected chi connectivity index (χ2v) is 9.59. The van der Waals surface area contributed by atoms with E-state index in [0.717, 1.165) is 35.5 Å². The number of nitrogens with zero attached hydrogens (tertiary/aromatic N) is 2. The van der Waals surface area contributed by atoms with E-state index in [1.807, 2.05) is 0 Å². The first-order chi connectivity index (χ1) is 15.6. The van der Waals surface area contributed by atoms with Gasteiger partial charge in [0.2, 0.25) is 0 Å². The SMILES string of the molecule is CCCCN1C(=O)C(=C2Sc3c(OCCO)ccc(OCCO)c3S2)C(=O)N1CCCC. The summed E-state index contributed by atoms with van der Waals surface area (Å²) in [6, 6.07) is 3.48. The maximum absolute atomic E-state index is 13.3. The van der Waals surface area contributed by atoms with Crippen LogP contribution in [0.2, 0.25) is 0 Å². The van der Waals surface area contributed by atoms with Gasteiger partial charge in [-0.2, -0.15) is 0 Å². The van der Waals surface area contributed by atoms with E-state index in [4.69, 9.17) is 19.7 Å². The number of ether oxygens (including phenoxy) is 2. The molecule has 0 aromatic heterocycles. The minimum Gasteiger partial charge on any atom is -0.490 e. The second-order valence-electron chi connectivity index (χ2n) is 7.29. The van der Waals surface area contributed by atoms with Gasteiger partial charge in [0.25, 0.3) is 11.8 Å². The van der Waals surface area contributed by atoms with Gasteiger partial charge < -0.3 is 19.7 Å². The number of aliphatic hydroxyl groups excluding tert-OH is 2. The molecule has 2 heterocycles. The summed E-state index contributed by atoms with van der Waals surface area (Å²) in [5, 5.41) is 21.5. The summed E-state index contributed by atoms with van der Waals surface area (Å²) >= 11 is 2.63. The van der Waals surface area contributed by atoms with Crippen LogP contribution in [0.25, 0.3) is 0 Å². The zero-order valence-electron chi connectivity index (χ0n) is 18.5. The lowest BCUT2D eigenvalue weighted by Gasteiger charge is -2.27. The normalized spacial score (nSPS) is 15.8. The van der Waals surface area contributed by atoms with Crippen molar-refractivity contribution in [1.29, 1.82) is 0 Å². The molecular formula is C22H30N2O6S2. The fourth-order valence-corrected chi connectivity index (χ4v) is 6.05. The minimum absolute atomic E-state index is 0.126. The number of carbonyl (C=O) groups excluding carboxylic acids is 2.